The Balaban J connectivity index is 0. The van der Waals surface area contributed by atoms with Gasteiger partial charge in [0.25, 0.3) is 0 Å². The Kier molecular flexibility index (Phi) is 4.70. The predicted octanol–water partition coefficient (Wildman–Crippen LogP) is 0.394. The van der Waals surface area contributed by atoms with Crippen LogP contribution in [0.2, 0.25) is 0 Å². The molecule has 0 amide bonds. The Morgan fingerprint density at radius 3 is 1.33 bits per heavy atom. The minimum absolute atomic E-state index is 0. The van der Waals surface area contributed by atoms with Crippen molar-refractivity contribution in [1.29, 1.82) is 0 Å². The molecule has 0 saturated carbocycles. The van der Waals surface area contributed by atoms with E-state index in [2.05, 4.69) is 0 Å². The summed E-state index contributed by atoms with van der Waals surface area (Å²) in [5, 5.41) is 0. The van der Waals surface area contributed by atoms with Crippen LogP contribution in [0.5, 0.6) is 0 Å². The van der Waals surface area contributed by atoms with Gasteiger partial charge < -0.3 is 0 Å². The molecule has 0 bridgehead atoms. The first-order valence-electron chi connectivity index (χ1n) is 1.29. The van der Waals surface area contributed by atoms with Gasteiger partial charge in [-0.25, -0.2) is 0 Å². The average molecular weight is 319 g/mol. The van der Waals surface area contributed by atoms with Gasteiger partial charge in [0.05, 0.1) is 0 Å². The van der Waals surface area contributed by atoms with Crippen molar-refractivity contribution in [2.75, 3.05) is 0 Å². The van der Waals surface area contributed by atoms with E-state index in [0.717, 1.165) is 0 Å². The van der Waals surface area contributed by atoms with E-state index in [4.69, 9.17) is 13.0 Å². The van der Waals surface area contributed by atoms with Gasteiger partial charge in [0, 0.05) is 36.9 Å². The van der Waals surface area contributed by atoms with Gasteiger partial charge >= 0.3 is 15.6 Å². The van der Waals surface area contributed by atoms with Crippen molar-refractivity contribution >= 4 is 10.1 Å². The molecule has 9 heavy (non-hydrogen) atoms. The van der Waals surface area contributed by atoms with Crippen LogP contribution in [0.15, 0.2) is 0 Å². The van der Waals surface area contributed by atoms with Gasteiger partial charge in [0.1, 0.15) is 0 Å². The van der Waals surface area contributed by atoms with Crippen LogP contribution < -0.4 is 0 Å². The van der Waals surface area contributed by atoms with Gasteiger partial charge in [-0.2, -0.15) is 21.6 Å². The van der Waals surface area contributed by atoms with Crippen LogP contribution in [-0.4, -0.2) is 18.5 Å². The van der Waals surface area contributed by atoms with Crippen LogP contribution in [0.4, 0.5) is 13.2 Å². The number of hydrogen-bond acceptors (Lipinski definition) is 2. The maximum absolute atomic E-state index is 10.7. The normalized spacial score (nSPS) is 12.4. The molecule has 0 heterocycles. The molecular weight excluding hydrogens is 318 g/mol. The standard InChI is InChI=1S/CHF3O3S.Tm/c2-1(3,4)8(5,6)7;/h(H,5,6,7);. The molecule has 0 aromatic heterocycles. The van der Waals surface area contributed by atoms with Crippen molar-refractivity contribution in [3.8, 4) is 0 Å². The zero-order valence-corrected chi connectivity index (χ0v) is 6.18. The quantitative estimate of drug-likeness (QED) is 0.519. The van der Waals surface area contributed by atoms with E-state index >= 15 is 0 Å². The van der Waals surface area contributed by atoms with E-state index in [-0.39, 0.29) is 36.9 Å². The molecule has 3 nitrogen and oxygen atoms in total. The largest absolute Gasteiger partial charge is 0.522 e. The third-order valence-corrected chi connectivity index (χ3v) is 0.877. The summed E-state index contributed by atoms with van der Waals surface area (Å²) in [7, 11) is -5.84. The van der Waals surface area contributed by atoms with Crippen molar-refractivity contribution in [2.24, 2.45) is 0 Å². The van der Waals surface area contributed by atoms with E-state index in [0.29, 0.717) is 0 Å². The first-order chi connectivity index (χ1) is 3.25. The SMILES string of the molecule is O=S(=O)(O)C(F)(F)F.[Tm]. The van der Waals surface area contributed by atoms with Crippen molar-refractivity contribution in [3.63, 3.8) is 0 Å². The summed E-state index contributed by atoms with van der Waals surface area (Å²) in [6, 6.07) is 0. The minimum Gasteiger partial charge on any atom is -0.279 e. The van der Waals surface area contributed by atoms with Crippen LogP contribution in [0.1, 0.15) is 0 Å². The molecule has 0 aliphatic heterocycles. The molecule has 1 N–H and O–H groups in total. The molecule has 8 heteroatoms. The van der Waals surface area contributed by atoms with Crippen LogP contribution in [0.25, 0.3) is 0 Å². The molecule has 0 aliphatic rings. The first kappa shape index (κ1) is 12.6. The van der Waals surface area contributed by atoms with E-state index < -0.39 is 15.6 Å². The molecule has 63 valence electrons. The summed E-state index contributed by atoms with van der Waals surface area (Å²) in [6.07, 6.45) is 0. The molecule has 0 aliphatic carbocycles. The Bertz CT molecular complexity index is 168. The molecule has 0 saturated heterocycles. The molecule has 0 aromatic carbocycles. The van der Waals surface area contributed by atoms with E-state index in [1.807, 2.05) is 0 Å². The van der Waals surface area contributed by atoms with Gasteiger partial charge in [0.2, 0.25) is 0 Å². The van der Waals surface area contributed by atoms with Crippen molar-refractivity contribution in [2.45, 2.75) is 5.51 Å². The summed E-state index contributed by atoms with van der Waals surface area (Å²) in [4.78, 5) is 0. The second-order valence-corrected chi connectivity index (χ2v) is 2.33. The first-order valence-corrected chi connectivity index (χ1v) is 2.73. The van der Waals surface area contributed by atoms with Gasteiger partial charge in [-0.1, -0.05) is 0 Å². The van der Waals surface area contributed by atoms with Crippen molar-refractivity contribution < 1.29 is 63.0 Å². The van der Waals surface area contributed by atoms with Gasteiger partial charge in [-0.05, 0) is 0 Å². The molecule has 0 atom stereocenters. The molecule has 0 aromatic rings. The molecule has 0 unspecified atom stereocenters. The molecule has 0 rings (SSSR count). The predicted molar refractivity (Wildman–Crippen MR) is 17.6 cm³/mol. The maximum atomic E-state index is 10.7. The summed E-state index contributed by atoms with van der Waals surface area (Å²) in [6.45, 7) is 0. The molecule has 1 radical (unpaired) electrons. The Morgan fingerprint density at radius 1 is 1.22 bits per heavy atom. The fourth-order valence-electron chi connectivity index (χ4n) is 0. The Morgan fingerprint density at radius 2 is 1.33 bits per heavy atom. The summed E-state index contributed by atoms with van der Waals surface area (Å²) < 4.78 is 57.5. The van der Waals surface area contributed by atoms with E-state index in [1.165, 1.54) is 0 Å². The Hall–Kier alpha value is 0.934. The van der Waals surface area contributed by atoms with E-state index in [9.17, 15) is 13.2 Å². The van der Waals surface area contributed by atoms with Gasteiger partial charge in [0.15, 0.2) is 0 Å². The number of hydrogen-bond donors (Lipinski definition) is 1. The van der Waals surface area contributed by atoms with E-state index in [1.54, 1.807) is 0 Å². The average Bonchev–Trinajstić information content (AvgIpc) is 1.25. The Labute approximate surface area is 78.2 Å². The maximum Gasteiger partial charge on any atom is 0.522 e. The van der Waals surface area contributed by atoms with Crippen LogP contribution in [0, 0.1) is 36.9 Å². The molecular formula is CHF3O3STm. The van der Waals surface area contributed by atoms with Gasteiger partial charge in [-0.3, -0.25) is 4.55 Å². The fraction of sp³-hybridized carbons (Fsp3) is 1.00. The molecule has 0 fully saturated rings. The van der Waals surface area contributed by atoms with Crippen LogP contribution in [-0.2, 0) is 10.1 Å². The fourth-order valence-corrected chi connectivity index (χ4v) is 0. The number of rotatable bonds is 0. The third kappa shape index (κ3) is 4.35. The monoisotopic (exact) mass is 319 g/mol. The second kappa shape index (κ2) is 3.36. The third-order valence-electron chi connectivity index (χ3n) is 0.292. The summed E-state index contributed by atoms with van der Waals surface area (Å²) in [5.74, 6) is 0. The van der Waals surface area contributed by atoms with Crippen LogP contribution in [0.3, 0.4) is 0 Å². The number of halogens is 3. The summed E-state index contributed by atoms with van der Waals surface area (Å²) >= 11 is 0. The topological polar surface area (TPSA) is 54.4 Å². The van der Waals surface area contributed by atoms with Crippen molar-refractivity contribution in [3.05, 3.63) is 0 Å². The summed E-state index contributed by atoms with van der Waals surface area (Å²) in [5.41, 5.74) is -5.53. The molecule has 0 spiro atoms. The second-order valence-electron chi connectivity index (χ2n) is 0.921. The van der Waals surface area contributed by atoms with Crippen LogP contribution >= 0.6 is 0 Å². The zero-order chi connectivity index (χ0) is 7.00. The number of alkyl halides is 3. The minimum atomic E-state index is -5.84. The van der Waals surface area contributed by atoms with Crippen molar-refractivity contribution in [1.82, 2.24) is 0 Å². The smallest absolute Gasteiger partial charge is 0.279 e. The van der Waals surface area contributed by atoms with Gasteiger partial charge in [-0.15, -0.1) is 0 Å². The zero-order valence-electron chi connectivity index (χ0n) is 3.58.